The first kappa shape index (κ1) is 15.0. The maximum atomic E-state index is 11.6. The maximum Gasteiger partial charge on any atom is 0.344 e. The Hall–Kier alpha value is -2.37. The Kier molecular flexibility index (Phi) is 4.92. The van der Waals surface area contributed by atoms with E-state index < -0.39 is 12.1 Å². The molecule has 0 saturated heterocycles. The number of hydrogen-bond acceptors (Lipinski definition) is 5. The van der Waals surface area contributed by atoms with Crippen LogP contribution in [0.4, 0.5) is 0 Å². The molecule has 1 aliphatic rings. The van der Waals surface area contributed by atoms with Gasteiger partial charge in [-0.3, -0.25) is 9.59 Å². The van der Waals surface area contributed by atoms with Gasteiger partial charge in [-0.05, 0) is 31.9 Å². The molecule has 1 amide bonds. The molecule has 1 aromatic carbocycles. The zero-order chi connectivity index (χ0) is 15.2. The van der Waals surface area contributed by atoms with Gasteiger partial charge < -0.3 is 14.8 Å². The van der Waals surface area contributed by atoms with Crippen molar-refractivity contribution in [1.82, 2.24) is 5.32 Å². The minimum atomic E-state index is -0.858. The van der Waals surface area contributed by atoms with E-state index >= 15 is 0 Å². The van der Waals surface area contributed by atoms with E-state index in [2.05, 4.69) is 5.32 Å². The lowest BCUT2D eigenvalue weighted by atomic mass is 10.2. The number of hydrogen-bond donors (Lipinski definition) is 1. The topological polar surface area (TPSA) is 81.7 Å². The van der Waals surface area contributed by atoms with Gasteiger partial charge in [0.25, 0.3) is 5.91 Å². The molecule has 0 radical (unpaired) electrons. The van der Waals surface area contributed by atoms with E-state index in [1.165, 1.54) is 6.92 Å². The molecule has 6 heteroatoms. The van der Waals surface area contributed by atoms with Crippen molar-refractivity contribution in [2.45, 2.75) is 31.9 Å². The second-order valence-electron chi connectivity index (χ2n) is 4.86. The van der Waals surface area contributed by atoms with Crippen molar-refractivity contribution in [3.05, 3.63) is 29.8 Å². The van der Waals surface area contributed by atoms with Gasteiger partial charge in [0, 0.05) is 6.04 Å². The molecule has 112 valence electrons. The minimum Gasteiger partial charge on any atom is -0.481 e. The van der Waals surface area contributed by atoms with Crippen LogP contribution in [-0.4, -0.2) is 36.9 Å². The highest BCUT2D eigenvalue weighted by atomic mass is 16.6. The lowest BCUT2D eigenvalue weighted by Gasteiger charge is -2.13. The predicted octanol–water partition coefficient (Wildman–Crippen LogP) is 1.09. The summed E-state index contributed by atoms with van der Waals surface area (Å²) in [6.07, 6.45) is 1.73. The monoisotopic (exact) mass is 291 g/mol. The number of carbonyl (C=O) groups is 3. The van der Waals surface area contributed by atoms with Gasteiger partial charge in [0.1, 0.15) is 5.75 Å². The van der Waals surface area contributed by atoms with E-state index in [-0.39, 0.29) is 18.6 Å². The van der Waals surface area contributed by atoms with Crippen molar-refractivity contribution in [3.63, 3.8) is 0 Å². The molecular weight excluding hydrogens is 274 g/mol. The number of benzene rings is 1. The third kappa shape index (κ3) is 4.59. The second kappa shape index (κ2) is 6.88. The lowest BCUT2D eigenvalue weighted by Crippen LogP contribution is -2.37. The number of nitrogens with one attached hydrogen (secondary N) is 1. The van der Waals surface area contributed by atoms with Gasteiger partial charge in [0.05, 0.1) is 5.56 Å². The van der Waals surface area contributed by atoms with Crippen LogP contribution in [0.5, 0.6) is 5.75 Å². The third-order valence-electron chi connectivity index (χ3n) is 2.99. The molecule has 0 bridgehead atoms. The van der Waals surface area contributed by atoms with E-state index in [4.69, 9.17) is 9.47 Å². The largest absolute Gasteiger partial charge is 0.481 e. The summed E-state index contributed by atoms with van der Waals surface area (Å²) in [4.78, 5) is 34.0. The molecule has 1 aliphatic carbocycles. The van der Waals surface area contributed by atoms with E-state index in [1.807, 2.05) is 0 Å². The average Bonchev–Trinajstić information content (AvgIpc) is 3.29. The van der Waals surface area contributed by atoms with Crippen molar-refractivity contribution in [3.8, 4) is 5.75 Å². The zero-order valence-corrected chi connectivity index (χ0v) is 11.7. The molecule has 21 heavy (non-hydrogen) atoms. The first-order valence-corrected chi connectivity index (χ1v) is 6.77. The Morgan fingerprint density at radius 1 is 1.38 bits per heavy atom. The number of carbonyl (C=O) groups excluding carboxylic acids is 3. The molecule has 0 spiro atoms. The molecule has 6 nitrogen and oxygen atoms in total. The standard InChI is InChI=1S/C15H17NO5/c1-10(15(19)16-12-6-7-12)21-14(18)9-20-13-5-3-2-4-11(13)8-17/h2-5,8,10,12H,6-7,9H2,1H3,(H,16,19)/t10-/m0/s1. The molecule has 0 unspecified atom stereocenters. The number of esters is 1. The summed E-state index contributed by atoms with van der Waals surface area (Å²) in [7, 11) is 0. The highest BCUT2D eigenvalue weighted by Crippen LogP contribution is 2.19. The Bertz CT molecular complexity index is 539. The normalized spacial score (nSPS) is 14.9. The summed E-state index contributed by atoms with van der Waals surface area (Å²) in [5.74, 6) is -0.659. The predicted molar refractivity (Wildman–Crippen MR) is 74.0 cm³/mol. The fourth-order valence-electron chi connectivity index (χ4n) is 1.68. The zero-order valence-electron chi connectivity index (χ0n) is 11.7. The molecule has 1 saturated carbocycles. The van der Waals surface area contributed by atoms with Crippen LogP contribution in [0.3, 0.4) is 0 Å². The van der Waals surface area contributed by atoms with Crippen LogP contribution in [-0.2, 0) is 14.3 Å². The van der Waals surface area contributed by atoms with Crippen LogP contribution in [0.25, 0.3) is 0 Å². The van der Waals surface area contributed by atoms with E-state index in [1.54, 1.807) is 24.3 Å². The van der Waals surface area contributed by atoms with Crippen molar-refractivity contribution in [2.75, 3.05) is 6.61 Å². The van der Waals surface area contributed by atoms with Crippen molar-refractivity contribution in [2.24, 2.45) is 0 Å². The fraction of sp³-hybridized carbons (Fsp3) is 0.400. The Balaban J connectivity index is 1.78. The van der Waals surface area contributed by atoms with Crippen LogP contribution in [0.15, 0.2) is 24.3 Å². The van der Waals surface area contributed by atoms with Crippen LogP contribution >= 0.6 is 0 Å². The van der Waals surface area contributed by atoms with Crippen molar-refractivity contribution >= 4 is 18.2 Å². The van der Waals surface area contributed by atoms with Crippen molar-refractivity contribution in [1.29, 1.82) is 0 Å². The SMILES string of the molecule is C[C@H](OC(=O)COc1ccccc1C=O)C(=O)NC1CC1. The van der Waals surface area contributed by atoms with Gasteiger partial charge in [-0.1, -0.05) is 12.1 Å². The van der Waals surface area contributed by atoms with Crippen molar-refractivity contribution < 1.29 is 23.9 Å². The first-order chi connectivity index (χ1) is 10.1. The summed E-state index contributed by atoms with van der Waals surface area (Å²) in [6.45, 7) is 1.15. The molecule has 1 N–H and O–H groups in total. The summed E-state index contributed by atoms with van der Waals surface area (Å²) in [6, 6.07) is 6.77. The van der Waals surface area contributed by atoms with E-state index in [0.717, 1.165) is 12.8 Å². The molecule has 1 atom stereocenters. The maximum absolute atomic E-state index is 11.6. The molecule has 1 aromatic rings. The van der Waals surface area contributed by atoms with Gasteiger partial charge in [-0.2, -0.15) is 0 Å². The fourth-order valence-corrected chi connectivity index (χ4v) is 1.68. The Morgan fingerprint density at radius 2 is 2.10 bits per heavy atom. The molecular formula is C15H17NO5. The molecule has 0 heterocycles. The molecule has 0 aliphatic heterocycles. The van der Waals surface area contributed by atoms with Crippen LogP contribution in [0.1, 0.15) is 30.1 Å². The summed E-state index contributed by atoms with van der Waals surface area (Å²) in [5, 5.41) is 2.75. The van der Waals surface area contributed by atoms with Gasteiger partial charge >= 0.3 is 5.97 Å². The molecule has 2 rings (SSSR count). The molecule has 1 fully saturated rings. The average molecular weight is 291 g/mol. The summed E-state index contributed by atoms with van der Waals surface area (Å²) in [5.41, 5.74) is 0.352. The van der Waals surface area contributed by atoms with Gasteiger partial charge in [0.2, 0.25) is 0 Å². The third-order valence-corrected chi connectivity index (χ3v) is 2.99. The smallest absolute Gasteiger partial charge is 0.344 e. The number of aldehydes is 1. The van der Waals surface area contributed by atoms with E-state index in [9.17, 15) is 14.4 Å². The summed E-state index contributed by atoms with van der Waals surface area (Å²) >= 11 is 0. The Morgan fingerprint density at radius 3 is 2.76 bits per heavy atom. The highest BCUT2D eigenvalue weighted by molar-refractivity contribution is 5.84. The van der Waals surface area contributed by atoms with Gasteiger partial charge in [-0.25, -0.2) is 4.79 Å². The van der Waals surface area contributed by atoms with Gasteiger partial charge in [0.15, 0.2) is 19.0 Å². The first-order valence-electron chi connectivity index (χ1n) is 6.77. The van der Waals surface area contributed by atoms with Gasteiger partial charge in [-0.15, -0.1) is 0 Å². The number of rotatable bonds is 7. The lowest BCUT2D eigenvalue weighted by molar-refractivity contribution is -0.156. The van der Waals surface area contributed by atoms with Crippen LogP contribution < -0.4 is 10.1 Å². The van der Waals surface area contributed by atoms with Crippen LogP contribution in [0.2, 0.25) is 0 Å². The quantitative estimate of drug-likeness (QED) is 0.600. The highest BCUT2D eigenvalue weighted by Gasteiger charge is 2.27. The Labute approximate surface area is 122 Å². The van der Waals surface area contributed by atoms with Crippen LogP contribution in [0, 0.1) is 0 Å². The number of amides is 1. The summed E-state index contributed by atoms with van der Waals surface area (Å²) < 4.78 is 10.2. The molecule has 0 aromatic heterocycles. The van der Waals surface area contributed by atoms with E-state index in [0.29, 0.717) is 17.6 Å². The number of para-hydroxylation sites is 1. The minimum absolute atomic E-state index is 0.217. The number of ether oxygens (including phenoxy) is 2. The second-order valence-corrected chi connectivity index (χ2v) is 4.86.